The van der Waals surface area contributed by atoms with Crippen molar-refractivity contribution < 1.29 is 9.90 Å². The summed E-state index contributed by atoms with van der Waals surface area (Å²) in [6.45, 7) is 3.74. The third-order valence-electron chi connectivity index (χ3n) is 4.38. The van der Waals surface area contributed by atoms with Crippen LogP contribution in [0.3, 0.4) is 0 Å². The van der Waals surface area contributed by atoms with Gasteiger partial charge < -0.3 is 21.1 Å². The number of carbonyl (C=O) groups excluding carboxylic acids is 1. The lowest BCUT2D eigenvalue weighted by Crippen LogP contribution is -2.37. The summed E-state index contributed by atoms with van der Waals surface area (Å²) in [4.78, 5) is 21.2. The van der Waals surface area contributed by atoms with Crippen molar-refractivity contribution in [3.05, 3.63) is 35.5 Å². The van der Waals surface area contributed by atoms with Gasteiger partial charge in [-0.3, -0.25) is 4.79 Å². The number of hydrogen-bond acceptors (Lipinski definition) is 6. The highest BCUT2D eigenvalue weighted by atomic mass is 35.5. The third kappa shape index (κ3) is 5.38. The monoisotopic (exact) mass is 389 g/mol. The average Bonchev–Trinajstić information content (AvgIpc) is 2.68. The van der Waals surface area contributed by atoms with Crippen LogP contribution >= 0.6 is 11.6 Å². The van der Waals surface area contributed by atoms with Crippen LogP contribution in [0.2, 0.25) is 5.02 Å². The topological polar surface area (TPSA) is 99.2 Å². The number of aliphatic hydroxyl groups excluding tert-OH is 1. The summed E-state index contributed by atoms with van der Waals surface area (Å²) >= 11 is 6.31. The fourth-order valence-electron chi connectivity index (χ4n) is 2.94. The highest BCUT2D eigenvalue weighted by Gasteiger charge is 2.21. The lowest BCUT2D eigenvalue weighted by molar-refractivity contribution is -0.120. The smallest absolute Gasteiger partial charge is 0.229 e. The van der Waals surface area contributed by atoms with Crippen LogP contribution in [0, 0.1) is 5.92 Å². The lowest BCUT2D eigenvalue weighted by atomic mass is 9.99. The van der Waals surface area contributed by atoms with Crippen molar-refractivity contribution in [3.63, 3.8) is 0 Å². The Kier molecular flexibility index (Phi) is 6.60. The number of aliphatic hydroxyl groups is 1. The molecule has 2 atom stereocenters. The minimum Gasteiger partial charge on any atom is -0.392 e. The second-order valence-electron chi connectivity index (χ2n) is 6.72. The Labute approximate surface area is 163 Å². The van der Waals surface area contributed by atoms with Crippen molar-refractivity contribution in [1.29, 1.82) is 0 Å². The molecule has 7 nitrogen and oxygen atoms in total. The van der Waals surface area contributed by atoms with Crippen molar-refractivity contribution in [2.24, 2.45) is 5.92 Å². The Hall–Kier alpha value is -2.22. The fourth-order valence-corrected chi connectivity index (χ4v) is 3.14. The van der Waals surface area contributed by atoms with Crippen LogP contribution in [0.4, 0.5) is 11.6 Å². The summed E-state index contributed by atoms with van der Waals surface area (Å²) in [5.74, 6) is 1.00. The highest BCUT2D eigenvalue weighted by Crippen LogP contribution is 2.29. The maximum atomic E-state index is 12.4. The Morgan fingerprint density at radius 2 is 2.30 bits per heavy atom. The first kappa shape index (κ1) is 19.5. The summed E-state index contributed by atoms with van der Waals surface area (Å²) < 4.78 is 0. The molecule has 0 radical (unpaired) electrons. The molecule has 0 spiro atoms. The van der Waals surface area contributed by atoms with Gasteiger partial charge in [0.1, 0.15) is 11.6 Å². The molecule has 1 amide bonds. The number of nitrogens with zero attached hydrogens (tertiary/aromatic N) is 2. The minimum atomic E-state index is -0.476. The van der Waals surface area contributed by atoms with Gasteiger partial charge in [0.15, 0.2) is 0 Å². The largest absolute Gasteiger partial charge is 0.392 e. The van der Waals surface area contributed by atoms with Crippen molar-refractivity contribution in [1.82, 2.24) is 15.3 Å². The number of nitrogens with one attached hydrogen (secondary N) is 3. The first-order valence-corrected chi connectivity index (χ1v) is 9.47. The van der Waals surface area contributed by atoms with Crippen LogP contribution in [0.15, 0.2) is 30.5 Å². The van der Waals surface area contributed by atoms with E-state index < -0.39 is 6.10 Å². The quantitative estimate of drug-likeness (QED) is 0.606. The first-order valence-electron chi connectivity index (χ1n) is 9.09. The van der Waals surface area contributed by atoms with E-state index in [-0.39, 0.29) is 11.8 Å². The van der Waals surface area contributed by atoms with Gasteiger partial charge in [0.2, 0.25) is 5.91 Å². The average molecular weight is 390 g/mol. The van der Waals surface area contributed by atoms with E-state index in [0.717, 1.165) is 19.4 Å². The second-order valence-corrected chi connectivity index (χ2v) is 7.13. The predicted octanol–water partition coefficient (Wildman–Crippen LogP) is 2.53. The molecule has 2 aromatic rings. The summed E-state index contributed by atoms with van der Waals surface area (Å²) in [6.07, 6.45) is 2.91. The molecule has 3 rings (SSSR count). The van der Waals surface area contributed by atoms with Gasteiger partial charge >= 0.3 is 0 Å². The van der Waals surface area contributed by atoms with E-state index in [1.807, 2.05) is 18.2 Å². The maximum Gasteiger partial charge on any atom is 0.229 e. The molecule has 0 saturated carbocycles. The molecule has 0 unspecified atom stereocenters. The molecule has 27 heavy (non-hydrogen) atoms. The van der Waals surface area contributed by atoms with E-state index in [1.165, 1.54) is 6.20 Å². The fraction of sp³-hybridized carbons (Fsp3) is 0.421. The summed E-state index contributed by atoms with van der Waals surface area (Å²) in [5.41, 5.74) is 1.34. The Balaban J connectivity index is 1.77. The zero-order valence-electron chi connectivity index (χ0n) is 15.2. The molecule has 2 aromatic heterocycles. The van der Waals surface area contributed by atoms with Crippen LogP contribution in [0.5, 0.6) is 0 Å². The number of pyridine rings is 2. The first-order chi connectivity index (χ1) is 13.0. The van der Waals surface area contributed by atoms with Crippen molar-refractivity contribution >= 4 is 29.1 Å². The molecular formula is C19H24ClN5O2. The zero-order valence-corrected chi connectivity index (χ0v) is 16.0. The van der Waals surface area contributed by atoms with Crippen molar-refractivity contribution in [3.8, 4) is 11.3 Å². The lowest BCUT2D eigenvalue weighted by Gasteiger charge is -2.21. The van der Waals surface area contributed by atoms with Crippen LogP contribution in [0.25, 0.3) is 11.3 Å². The Morgan fingerprint density at radius 1 is 1.44 bits per heavy atom. The summed E-state index contributed by atoms with van der Waals surface area (Å²) in [5, 5.41) is 19.0. The molecule has 1 saturated heterocycles. The summed E-state index contributed by atoms with van der Waals surface area (Å²) in [7, 11) is 0. The molecule has 3 heterocycles. The van der Waals surface area contributed by atoms with Gasteiger partial charge in [-0.05, 0) is 44.5 Å². The number of halogens is 1. The van der Waals surface area contributed by atoms with Crippen LogP contribution in [-0.4, -0.2) is 46.7 Å². The zero-order chi connectivity index (χ0) is 19.2. The molecule has 1 aliphatic heterocycles. The molecule has 0 aromatic carbocycles. The normalized spacial score (nSPS) is 18.0. The molecule has 4 N–H and O–H groups in total. The molecule has 0 aliphatic carbocycles. The SMILES string of the molecule is C[C@H](O)CNc1cccc(-c2cc(NC(=O)[C@@H]3CCCNC3)ncc2Cl)n1. The van der Waals surface area contributed by atoms with Crippen LogP contribution in [0.1, 0.15) is 19.8 Å². The van der Waals surface area contributed by atoms with E-state index in [4.69, 9.17) is 11.6 Å². The minimum absolute atomic E-state index is 0.0386. The molecule has 0 bridgehead atoms. The second kappa shape index (κ2) is 9.12. The number of amides is 1. The molecular weight excluding hydrogens is 366 g/mol. The van der Waals surface area contributed by atoms with Gasteiger partial charge in [0.05, 0.1) is 22.7 Å². The van der Waals surface area contributed by atoms with Gasteiger partial charge in [0, 0.05) is 24.8 Å². The highest BCUT2D eigenvalue weighted by molar-refractivity contribution is 6.33. The number of rotatable bonds is 6. The van der Waals surface area contributed by atoms with E-state index in [2.05, 4.69) is 25.9 Å². The van der Waals surface area contributed by atoms with Crippen molar-refractivity contribution in [2.75, 3.05) is 30.3 Å². The number of hydrogen-bond donors (Lipinski definition) is 4. The van der Waals surface area contributed by atoms with E-state index in [9.17, 15) is 9.90 Å². The van der Waals surface area contributed by atoms with Gasteiger partial charge in [-0.15, -0.1) is 0 Å². The standard InChI is InChI=1S/C19H24ClN5O2/c1-12(26)9-22-17-6-2-5-16(24-17)14-8-18(23-11-15(14)20)25-19(27)13-4-3-7-21-10-13/h2,5-6,8,11-13,21,26H,3-4,7,9-10H2,1H3,(H,22,24)(H,23,25,27)/t12-,13+/m0/s1. The van der Waals surface area contributed by atoms with Gasteiger partial charge in [-0.1, -0.05) is 17.7 Å². The van der Waals surface area contributed by atoms with Crippen LogP contribution in [-0.2, 0) is 4.79 Å². The molecule has 8 heteroatoms. The van der Waals surface area contributed by atoms with Gasteiger partial charge in [0.25, 0.3) is 0 Å². The van der Waals surface area contributed by atoms with Crippen molar-refractivity contribution in [2.45, 2.75) is 25.9 Å². The molecule has 144 valence electrons. The Bertz CT molecular complexity index is 793. The van der Waals surface area contributed by atoms with Gasteiger partial charge in [-0.2, -0.15) is 0 Å². The van der Waals surface area contributed by atoms with E-state index in [1.54, 1.807) is 13.0 Å². The Morgan fingerprint density at radius 3 is 3.04 bits per heavy atom. The van der Waals surface area contributed by atoms with E-state index >= 15 is 0 Å². The van der Waals surface area contributed by atoms with Crippen LogP contribution < -0.4 is 16.0 Å². The van der Waals surface area contributed by atoms with E-state index in [0.29, 0.717) is 41.0 Å². The number of aromatic nitrogens is 2. The molecule has 1 aliphatic rings. The number of piperidine rings is 1. The number of anilines is 2. The third-order valence-corrected chi connectivity index (χ3v) is 4.68. The molecule has 1 fully saturated rings. The van der Waals surface area contributed by atoms with Gasteiger partial charge in [-0.25, -0.2) is 9.97 Å². The number of carbonyl (C=O) groups is 1. The predicted molar refractivity (Wildman–Crippen MR) is 107 cm³/mol. The maximum absolute atomic E-state index is 12.4. The summed E-state index contributed by atoms with van der Waals surface area (Å²) in [6, 6.07) is 7.25.